The molecule has 3 rings (SSSR count). The van der Waals surface area contributed by atoms with Gasteiger partial charge in [-0.3, -0.25) is 15.0 Å². The summed E-state index contributed by atoms with van der Waals surface area (Å²) in [5.41, 5.74) is 0.765. The van der Waals surface area contributed by atoms with Gasteiger partial charge in [-0.15, -0.1) is 0 Å². The summed E-state index contributed by atoms with van der Waals surface area (Å²) in [6.45, 7) is 8.54. The molecule has 2 atom stereocenters. The number of hydrogen-bond acceptors (Lipinski definition) is 5. The molecule has 2 aliphatic heterocycles. The molecule has 6 heteroatoms. The highest BCUT2D eigenvalue weighted by atomic mass is 16.5. The van der Waals surface area contributed by atoms with Gasteiger partial charge in [-0.05, 0) is 19.3 Å². The maximum Gasteiger partial charge on any atom is 0.240 e. The maximum atomic E-state index is 12.2. The fourth-order valence-electron chi connectivity index (χ4n) is 3.23. The van der Waals surface area contributed by atoms with Crippen LogP contribution in [-0.2, 0) is 10.2 Å². The largest absolute Gasteiger partial charge is 0.338 e. The Labute approximate surface area is 131 Å². The maximum absolute atomic E-state index is 12.2. The molecule has 2 N–H and O–H groups in total. The summed E-state index contributed by atoms with van der Waals surface area (Å²) in [5.74, 6) is 0.402. The molecule has 2 unspecified atom stereocenters. The Morgan fingerprint density at radius 3 is 2.91 bits per heavy atom. The Bertz CT molecular complexity index is 534. The fourth-order valence-corrected chi connectivity index (χ4v) is 3.23. The molecule has 22 heavy (non-hydrogen) atoms. The molecule has 2 saturated heterocycles. The second-order valence-corrected chi connectivity index (χ2v) is 7.54. The predicted octanol–water partition coefficient (Wildman–Crippen LogP) is 1.74. The molecule has 0 spiro atoms. The molecule has 2 fully saturated rings. The lowest BCUT2D eigenvalue weighted by molar-refractivity contribution is -0.117. The number of likely N-dealkylation sites (tertiary alicyclic amines) is 1. The summed E-state index contributed by atoms with van der Waals surface area (Å²) in [6, 6.07) is 2.99. The SMILES string of the molecule is CC(C)(C)c1cc(NC(=O)CN2CCC3CCC(C2)N3)on1. The van der Waals surface area contributed by atoms with Crippen molar-refractivity contribution in [3.63, 3.8) is 0 Å². The molecular weight excluding hydrogens is 280 g/mol. The smallest absolute Gasteiger partial charge is 0.240 e. The number of nitrogens with zero attached hydrogens (tertiary/aromatic N) is 2. The van der Waals surface area contributed by atoms with E-state index in [1.807, 2.05) is 6.07 Å². The van der Waals surface area contributed by atoms with Gasteiger partial charge < -0.3 is 9.84 Å². The zero-order valence-corrected chi connectivity index (χ0v) is 13.7. The van der Waals surface area contributed by atoms with E-state index in [2.05, 4.69) is 41.5 Å². The van der Waals surface area contributed by atoms with E-state index in [9.17, 15) is 4.79 Å². The van der Waals surface area contributed by atoms with Crippen LogP contribution in [0, 0.1) is 0 Å². The predicted molar refractivity (Wildman–Crippen MR) is 84.8 cm³/mol. The van der Waals surface area contributed by atoms with Gasteiger partial charge in [0.25, 0.3) is 0 Å². The third-order valence-electron chi connectivity index (χ3n) is 4.52. The van der Waals surface area contributed by atoms with Crippen LogP contribution >= 0.6 is 0 Å². The molecule has 0 aromatic carbocycles. The first-order chi connectivity index (χ1) is 10.4. The van der Waals surface area contributed by atoms with Crippen molar-refractivity contribution in [1.29, 1.82) is 0 Å². The van der Waals surface area contributed by atoms with Gasteiger partial charge in [0.15, 0.2) is 0 Å². The molecule has 3 heterocycles. The summed E-state index contributed by atoms with van der Waals surface area (Å²) < 4.78 is 5.21. The quantitative estimate of drug-likeness (QED) is 0.890. The molecule has 6 nitrogen and oxygen atoms in total. The standard InChI is InChI=1S/C16H26N4O2/c1-16(2,3)13-8-15(22-19-13)18-14(21)10-20-7-6-11-4-5-12(9-20)17-11/h8,11-12,17H,4-7,9-10H2,1-3H3,(H,18,21). The van der Waals surface area contributed by atoms with Crippen LogP contribution in [0.5, 0.6) is 0 Å². The number of hydrogen-bond donors (Lipinski definition) is 2. The van der Waals surface area contributed by atoms with Crippen molar-refractivity contribution >= 4 is 11.8 Å². The number of anilines is 1. The average molecular weight is 306 g/mol. The van der Waals surface area contributed by atoms with Crippen LogP contribution < -0.4 is 10.6 Å². The number of amides is 1. The van der Waals surface area contributed by atoms with Crippen LogP contribution in [0.4, 0.5) is 5.88 Å². The van der Waals surface area contributed by atoms with Crippen molar-refractivity contribution in [2.45, 2.75) is 57.5 Å². The van der Waals surface area contributed by atoms with Gasteiger partial charge in [-0.1, -0.05) is 25.9 Å². The normalized spacial score (nSPS) is 26.0. The second kappa shape index (κ2) is 6.01. The Morgan fingerprint density at radius 2 is 2.18 bits per heavy atom. The molecule has 2 aliphatic rings. The minimum absolute atomic E-state index is 0.0330. The van der Waals surface area contributed by atoms with Crippen LogP contribution in [0.1, 0.15) is 45.7 Å². The lowest BCUT2D eigenvalue weighted by Crippen LogP contribution is -2.39. The number of nitrogens with one attached hydrogen (secondary N) is 2. The van der Waals surface area contributed by atoms with Crippen molar-refractivity contribution in [2.24, 2.45) is 0 Å². The van der Waals surface area contributed by atoms with Crippen LogP contribution in [0.25, 0.3) is 0 Å². The van der Waals surface area contributed by atoms with Gasteiger partial charge in [0.1, 0.15) is 0 Å². The Kier molecular flexibility index (Phi) is 4.23. The highest BCUT2D eigenvalue weighted by molar-refractivity contribution is 5.91. The zero-order valence-electron chi connectivity index (χ0n) is 13.7. The molecule has 1 amide bonds. The second-order valence-electron chi connectivity index (χ2n) is 7.54. The molecule has 2 bridgehead atoms. The third kappa shape index (κ3) is 3.67. The van der Waals surface area contributed by atoms with Crippen LogP contribution in [0.15, 0.2) is 10.6 Å². The molecule has 1 aromatic heterocycles. The van der Waals surface area contributed by atoms with Gasteiger partial charge in [0.05, 0.1) is 12.2 Å². The topological polar surface area (TPSA) is 70.4 Å². The van der Waals surface area contributed by atoms with Crippen molar-refractivity contribution in [2.75, 3.05) is 25.0 Å². The Hall–Kier alpha value is -1.40. The lowest BCUT2D eigenvalue weighted by Gasteiger charge is -2.22. The van der Waals surface area contributed by atoms with E-state index >= 15 is 0 Å². The van der Waals surface area contributed by atoms with E-state index in [0.717, 1.165) is 25.2 Å². The summed E-state index contributed by atoms with van der Waals surface area (Å²) in [5, 5.41) is 10.5. The fraction of sp³-hybridized carbons (Fsp3) is 0.750. The van der Waals surface area contributed by atoms with Crippen molar-refractivity contribution in [3.05, 3.63) is 11.8 Å². The first-order valence-corrected chi connectivity index (χ1v) is 8.15. The van der Waals surface area contributed by atoms with E-state index in [1.165, 1.54) is 12.8 Å². The Balaban J connectivity index is 1.53. The molecule has 122 valence electrons. The highest BCUT2D eigenvalue weighted by Gasteiger charge is 2.30. The third-order valence-corrected chi connectivity index (χ3v) is 4.52. The number of aromatic nitrogens is 1. The molecule has 0 saturated carbocycles. The van der Waals surface area contributed by atoms with E-state index < -0.39 is 0 Å². The van der Waals surface area contributed by atoms with Crippen LogP contribution in [0.2, 0.25) is 0 Å². The van der Waals surface area contributed by atoms with Crippen molar-refractivity contribution in [1.82, 2.24) is 15.4 Å². The summed E-state index contributed by atoms with van der Waals surface area (Å²) in [4.78, 5) is 14.4. The minimum atomic E-state index is -0.0812. The number of rotatable bonds is 3. The molecule has 0 radical (unpaired) electrons. The molecular formula is C16H26N4O2. The van der Waals surface area contributed by atoms with E-state index in [-0.39, 0.29) is 11.3 Å². The Morgan fingerprint density at radius 1 is 1.41 bits per heavy atom. The van der Waals surface area contributed by atoms with E-state index in [4.69, 9.17) is 4.52 Å². The zero-order chi connectivity index (χ0) is 15.7. The van der Waals surface area contributed by atoms with E-state index in [1.54, 1.807) is 0 Å². The van der Waals surface area contributed by atoms with Gasteiger partial charge in [0.2, 0.25) is 11.8 Å². The van der Waals surface area contributed by atoms with Crippen molar-refractivity contribution in [3.8, 4) is 0 Å². The van der Waals surface area contributed by atoms with Crippen LogP contribution in [0.3, 0.4) is 0 Å². The number of carbonyl (C=O) groups is 1. The molecule has 0 aliphatic carbocycles. The van der Waals surface area contributed by atoms with Gasteiger partial charge >= 0.3 is 0 Å². The van der Waals surface area contributed by atoms with Gasteiger partial charge in [0, 0.05) is 36.7 Å². The summed E-state index contributed by atoms with van der Waals surface area (Å²) in [7, 11) is 0. The molecule has 1 aromatic rings. The van der Waals surface area contributed by atoms with Gasteiger partial charge in [-0.2, -0.15) is 0 Å². The van der Waals surface area contributed by atoms with Gasteiger partial charge in [-0.25, -0.2) is 0 Å². The summed E-state index contributed by atoms with van der Waals surface area (Å²) in [6.07, 6.45) is 3.62. The lowest BCUT2D eigenvalue weighted by atomic mass is 9.92. The number of fused-ring (bicyclic) bond motifs is 2. The number of carbonyl (C=O) groups excluding carboxylic acids is 1. The summed E-state index contributed by atoms with van der Waals surface area (Å²) >= 11 is 0. The minimum Gasteiger partial charge on any atom is -0.338 e. The van der Waals surface area contributed by atoms with E-state index in [0.29, 0.717) is 24.5 Å². The first kappa shape index (κ1) is 15.5. The van der Waals surface area contributed by atoms with Crippen LogP contribution in [-0.4, -0.2) is 47.7 Å². The highest BCUT2D eigenvalue weighted by Crippen LogP contribution is 2.24. The average Bonchev–Trinajstić information content (AvgIpc) is 2.99. The monoisotopic (exact) mass is 306 g/mol. The van der Waals surface area contributed by atoms with Crippen molar-refractivity contribution < 1.29 is 9.32 Å². The first-order valence-electron chi connectivity index (χ1n) is 8.15.